The molecule has 0 radical (unpaired) electrons. The molecule has 4 nitrogen and oxygen atoms in total. The van der Waals surface area contributed by atoms with E-state index >= 15 is 0 Å². The minimum Gasteiger partial charge on any atom is -0.384 e. The van der Waals surface area contributed by atoms with Crippen LogP contribution in [0.15, 0.2) is 28.7 Å². The zero-order valence-electron chi connectivity index (χ0n) is 10.8. The minimum atomic E-state index is 0.825. The predicted molar refractivity (Wildman–Crippen MR) is 81.3 cm³/mol. The highest BCUT2D eigenvalue weighted by molar-refractivity contribution is 7.13. The molecule has 2 N–H and O–H groups in total. The van der Waals surface area contributed by atoms with Gasteiger partial charge in [0.1, 0.15) is 0 Å². The van der Waals surface area contributed by atoms with Gasteiger partial charge in [-0.1, -0.05) is 18.2 Å². The van der Waals surface area contributed by atoms with Gasteiger partial charge in [-0.25, -0.2) is 4.98 Å². The standard InChI is InChI=1S/C14H16N4S/c1-10-9-19-14(17-10)18-16-8-12-5-2-4-11-6-3-7-15-13(11)12/h2,4-5,8-9,15H,3,6-7H2,1H3,(H,17,18). The summed E-state index contributed by atoms with van der Waals surface area (Å²) < 4.78 is 0. The fraction of sp³-hybridized carbons (Fsp3) is 0.286. The molecule has 0 atom stereocenters. The number of para-hydroxylation sites is 1. The fourth-order valence-corrected chi connectivity index (χ4v) is 2.84. The lowest BCUT2D eigenvalue weighted by Gasteiger charge is -2.19. The lowest BCUT2D eigenvalue weighted by Crippen LogP contribution is -2.13. The van der Waals surface area contributed by atoms with E-state index in [0.717, 1.165) is 29.4 Å². The molecule has 1 aromatic heterocycles. The lowest BCUT2D eigenvalue weighted by atomic mass is 10.00. The normalized spacial score (nSPS) is 14.2. The van der Waals surface area contributed by atoms with Crippen LogP contribution in [0.1, 0.15) is 23.2 Å². The molecule has 5 heteroatoms. The summed E-state index contributed by atoms with van der Waals surface area (Å²) in [6, 6.07) is 6.34. The van der Waals surface area contributed by atoms with Crippen molar-refractivity contribution in [1.29, 1.82) is 0 Å². The maximum atomic E-state index is 4.31. The summed E-state index contributed by atoms with van der Waals surface area (Å²) in [7, 11) is 0. The Kier molecular flexibility index (Phi) is 3.46. The quantitative estimate of drug-likeness (QED) is 0.666. The molecule has 1 aromatic carbocycles. The first-order chi connectivity index (χ1) is 9.33. The SMILES string of the molecule is Cc1csc(NN=Cc2cccc3c2NCCC3)n1. The van der Waals surface area contributed by atoms with Crippen molar-refractivity contribution in [1.82, 2.24) is 4.98 Å². The molecule has 0 bridgehead atoms. The molecule has 1 aliphatic rings. The van der Waals surface area contributed by atoms with Crippen LogP contribution < -0.4 is 10.7 Å². The molecule has 98 valence electrons. The molecular formula is C14H16N4S. The third kappa shape index (κ3) is 2.76. The van der Waals surface area contributed by atoms with Crippen LogP contribution in [0.3, 0.4) is 0 Å². The van der Waals surface area contributed by atoms with Crippen molar-refractivity contribution < 1.29 is 0 Å². The number of benzene rings is 1. The number of hydrogen-bond donors (Lipinski definition) is 2. The number of rotatable bonds is 3. The Labute approximate surface area is 116 Å². The van der Waals surface area contributed by atoms with Crippen molar-refractivity contribution in [2.24, 2.45) is 5.10 Å². The molecule has 0 spiro atoms. The van der Waals surface area contributed by atoms with Crippen LogP contribution in [0.25, 0.3) is 0 Å². The van der Waals surface area contributed by atoms with Crippen molar-refractivity contribution in [2.45, 2.75) is 19.8 Å². The number of hydrogen-bond acceptors (Lipinski definition) is 5. The van der Waals surface area contributed by atoms with Gasteiger partial charge in [-0.2, -0.15) is 5.10 Å². The van der Waals surface area contributed by atoms with Gasteiger partial charge < -0.3 is 5.32 Å². The third-order valence-electron chi connectivity index (χ3n) is 3.09. The van der Waals surface area contributed by atoms with Crippen LogP contribution >= 0.6 is 11.3 Å². The summed E-state index contributed by atoms with van der Waals surface area (Å²) in [5.74, 6) is 0. The number of hydrazone groups is 1. The molecule has 2 heterocycles. The number of nitrogens with zero attached hydrogens (tertiary/aromatic N) is 2. The van der Waals surface area contributed by atoms with E-state index in [0.29, 0.717) is 0 Å². The van der Waals surface area contributed by atoms with Crippen molar-refractivity contribution in [3.63, 3.8) is 0 Å². The maximum absolute atomic E-state index is 4.31. The Morgan fingerprint density at radius 1 is 1.47 bits per heavy atom. The van der Waals surface area contributed by atoms with Crippen LogP contribution in [-0.4, -0.2) is 17.7 Å². The summed E-state index contributed by atoms with van der Waals surface area (Å²) in [6.07, 6.45) is 4.20. The Bertz CT molecular complexity index is 603. The van der Waals surface area contributed by atoms with E-state index in [1.807, 2.05) is 18.5 Å². The van der Waals surface area contributed by atoms with Gasteiger partial charge in [0.05, 0.1) is 11.9 Å². The molecule has 0 aliphatic carbocycles. The molecule has 0 saturated carbocycles. The van der Waals surface area contributed by atoms with Gasteiger partial charge in [-0.15, -0.1) is 11.3 Å². The van der Waals surface area contributed by atoms with Crippen molar-refractivity contribution >= 4 is 28.4 Å². The van der Waals surface area contributed by atoms with E-state index in [9.17, 15) is 0 Å². The molecular weight excluding hydrogens is 256 g/mol. The predicted octanol–water partition coefficient (Wildman–Crippen LogP) is 3.26. The number of nitrogens with one attached hydrogen (secondary N) is 2. The highest BCUT2D eigenvalue weighted by Gasteiger charge is 2.10. The Balaban J connectivity index is 1.76. The monoisotopic (exact) mass is 272 g/mol. The van der Waals surface area contributed by atoms with Crippen LogP contribution in [0, 0.1) is 6.92 Å². The number of thiazole rings is 1. The van der Waals surface area contributed by atoms with Gasteiger partial charge in [0.25, 0.3) is 0 Å². The lowest BCUT2D eigenvalue weighted by molar-refractivity contribution is 0.830. The second-order valence-corrected chi connectivity index (χ2v) is 5.43. The number of fused-ring (bicyclic) bond motifs is 1. The van der Waals surface area contributed by atoms with E-state index in [1.165, 1.54) is 17.7 Å². The second kappa shape index (κ2) is 5.40. The third-order valence-corrected chi connectivity index (χ3v) is 3.96. The molecule has 0 saturated heterocycles. The second-order valence-electron chi connectivity index (χ2n) is 4.58. The topological polar surface area (TPSA) is 49.3 Å². The minimum absolute atomic E-state index is 0.825. The number of aryl methyl sites for hydroxylation is 2. The summed E-state index contributed by atoms with van der Waals surface area (Å²) in [6.45, 7) is 3.01. The average Bonchev–Trinajstić information content (AvgIpc) is 2.85. The highest BCUT2D eigenvalue weighted by atomic mass is 32.1. The van der Waals surface area contributed by atoms with E-state index in [1.54, 1.807) is 11.3 Å². The Morgan fingerprint density at radius 2 is 2.42 bits per heavy atom. The summed E-state index contributed by atoms with van der Waals surface area (Å²) in [4.78, 5) is 4.31. The van der Waals surface area contributed by atoms with Gasteiger partial charge >= 0.3 is 0 Å². The number of aromatic nitrogens is 1. The first-order valence-corrected chi connectivity index (χ1v) is 7.28. The first kappa shape index (κ1) is 12.2. The van der Waals surface area contributed by atoms with Crippen LogP contribution in [0.4, 0.5) is 10.8 Å². The number of anilines is 2. The Morgan fingerprint density at radius 3 is 3.26 bits per heavy atom. The van der Waals surface area contributed by atoms with Gasteiger partial charge in [0, 0.05) is 23.2 Å². The highest BCUT2D eigenvalue weighted by Crippen LogP contribution is 2.24. The zero-order chi connectivity index (χ0) is 13.1. The van der Waals surface area contributed by atoms with Gasteiger partial charge in [0.15, 0.2) is 0 Å². The van der Waals surface area contributed by atoms with Crippen molar-refractivity contribution in [3.05, 3.63) is 40.4 Å². The van der Waals surface area contributed by atoms with E-state index in [-0.39, 0.29) is 0 Å². The van der Waals surface area contributed by atoms with Crippen LogP contribution in [0.2, 0.25) is 0 Å². The smallest absolute Gasteiger partial charge is 0.203 e. The molecule has 3 rings (SSSR count). The molecule has 0 amide bonds. The largest absolute Gasteiger partial charge is 0.384 e. The van der Waals surface area contributed by atoms with E-state index < -0.39 is 0 Å². The fourth-order valence-electron chi connectivity index (χ4n) is 2.21. The van der Waals surface area contributed by atoms with Gasteiger partial charge in [-0.3, -0.25) is 5.43 Å². The van der Waals surface area contributed by atoms with Gasteiger partial charge in [-0.05, 0) is 25.3 Å². The van der Waals surface area contributed by atoms with Gasteiger partial charge in [0.2, 0.25) is 5.13 Å². The zero-order valence-corrected chi connectivity index (χ0v) is 11.6. The summed E-state index contributed by atoms with van der Waals surface area (Å²) >= 11 is 1.56. The molecule has 1 aliphatic heterocycles. The molecule has 19 heavy (non-hydrogen) atoms. The van der Waals surface area contributed by atoms with Crippen LogP contribution in [0.5, 0.6) is 0 Å². The van der Waals surface area contributed by atoms with E-state index in [2.05, 4.69) is 39.0 Å². The Hall–Kier alpha value is -1.88. The van der Waals surface area contributed by atoms with E-state index in [4.69, 9.17) is 0 Å². The summed E-state index contributed by atoms with van der Waals surface area (Å²) in [5, 5.41) is 10.5. The molecule has 0 fully saturated rings. The van der Waals surface area contributed by atoms with Crippen molar-refractivity contribution in [3.8, 4) is 0 Å². The first-order valence-electron chi connectivity index (χ1n) is 6.40. The average molecular weight is 272 g/mol. The maximum Gasteiger partial charge on any atom is 0.203 e. The summed E-state index contributed by atoms with van der Waals surface area (Å²) in [5.41, 5.74) is 7.70. The van der Waals surface area contributed by atoms with Crippen molar-refractivity contribution in [2.75, 3.05) is 17.3 Å². The molecule has 0 unspecified atom stereocenters. The van der Waals surface area contributed by atoms with Crippen LogP contribution in [-0.2, 0) is 6.42 Å². The molecule has 2 aromatic rings.